The van der Waals surface area contributed by atoms with Crippen LogP contribution in [0.3, 0.4) is 0 Å². The van der Waals surface area contributed by atoms with Gasteiger partial charge in [-0.05, 0) is 66.7 Å². The highest BCUT2D eigenvalue weighted by molar-refractivity contribution is 5.86. The molecule has 1 saturated carbocycles. The van der Waals surface area contributed by atoms with Crippen molar-refractivity contribution < 1.29 is 9.90 Å². The van der Waals surface area contributed by atoms with E-state index in [2.05, 4.69) is 29.2 Å². The van der Waals surface area contributed by atoms with E-state index in [1.807, 2.05) is 6.07 Å². The fourth-order valence-electron chi connectivity index (χ4n) is 3.56. The molecular formula is C18H19NO2. The summed E-state index contributed by atoms with van der Waals surface area (Å²) in [6.07, 6.45) is 5.77. The smallest absolute Gasteiger partial charge is 0.352 e. The lowest BCUT2D eigenvalue weighted by Crippen LogP contribution is -2.00. The zero-order valence-electron chi connectivity index (χ0n) is 11.9. The minimum Gasteiger partial charge on any atom is -0.477 e. The molecule has 0 saturated heterocycles. The van der Waals surface area contributed by atoms with E-state index in [9.17, 15) is 4.79 Å². The van der Waals surface area contributed by atoms with E-state index in [-0.39, 0.29) is 0 Å². The minimum atomic E-state index is -0.862. The van der Waals surface area contributed by atoms with Crippen LogP contribution in [0.5, 0.6) is 0 Å². The van der Waals surface area contributed by atoms with E-state index in [1.54, 1.807) is 0 Å². The standard InChI is InChI=1S/C18H19NO2/c20-18(21)17-10-15-14(6-7-16(15)19-17)9-11-2-1-3-13(8-11)12-4-5-12/h1-3,8,10,12,14,19H,4-7,9H2,(H,20,21). The Morgan fingerprint density at radius 2 is 2.10 bits per heavy atom. The van der Waals surface area contributed by atoms with Gasteiger partial charge in [-0.15, -0.1) is 0 Å². The van der Waals surface area contributed by atoms with Crippen molar-refractivity contribution in [1.82, 2.24) is 4.98 Å². The van der Waals surface area contributed by atoms with Crippen LogP contribution in [-0.4, -0.2) is 16.1 Å². The van der Waals surface area contributed by atoms with Gasteiger partial charge in [0.1, 0.15) is 5.69 Å². The Kier molecular flexibility index (Phi) is 2.88. The van der Waals surface area contributed by atoms with Crippen molar-refractivity contribution in [2.75, 3.05) is 0 Å². The number of aromatic nitrogens is 1. The van der Waals surface area contributed by atoms with Crippen LogP contribution >= 0.6 is 0 Å². The number of carboxylic acid groups (broad SMARTS) is 1. The average molecular weight is 281 g/mol. The minimum absolute atomic E-state index is 0.330. The Bertz CT molecular complexity index is 697. The van der Waals surface area contributed by atoms with Crippen LogP contribution in [0.4, 0.5) is 0 Å². The van der Waals surface area contributed by atoms with Crippen molar-refractivity contribution in [3.63, 3.8) is 0 Å². The van der Waals surface area contributed by atoms with Crippen LogP contribution in [0.15, 0.2) is 30.3 Å². The number of rotatable bonds is 4. The largest absolute Gasteiger partial charge is 0.477 e. The molecular weight excluding hydrogens is 262 g/mol. The lowest BCUT2D eigenvalue weighted by molar-refractivity contribution is 0.0691. The second-order valence-corrected chi connectivity index (χ2v) is 6.38. The molecule has 4 rings (SSSR count). The van der Waals surface area contributed by atoms with Crippen LogP contribution < -0.4 is 0 Å². The molecule has 1 atom stereocenters. The molecule has 2 N–H and O–H groups in total. The number of aromatic amines is 1. The van der Waals surface area contributed by atoms with Crippen molar-refractivity contribution in [2.24, 2.45) is 0 Å². The molecule has 3 nitrogen and oxygen atoms in total. The SMILES string of the molecule is O=C(O)c1cc2c([nH]1)CCC2Cc1cccc(C2CC2)c1. The van der Waals surface area contributed by atoms with Crippen molar-refractivity contribution in [3.05, 3.63) is 58.4 Å². The van der Waals surface area contributed by atoms with Gasteiger partial charge in [-0.2, -0.15) is 0 Å². The summed E-state index contributed by atoms with van der Waals surface area (Å²) in [6.45, 7) is 0. The van der Waals surface area contributed by atoms with E-state index in [0.717, 1.165) is 30.9 Å². The number of aromatic carboxylic acids is 1. The number of carboxylic acids is 1. The molecule has 0 spiro atoms. The lowest BCUT2D eigenvalue weighted by atomic mass is 9.93. The molecule has 0 bridgehead atoms. The Labute approximate surface area is 124 Å². The second kappa shape index (κ2) is 4.76. The lowest BCUT2D eigenvalue weighted by Gasteiger charge is -2.11. The highest BCUT2D eigenvalue weighted by Crippen LogP contribution is 2.41. The first kappa shape index (κ1) is 12.7. The molecule has 1 fully saturated rings. The van der Waals surface area contributed by atoms with Crippen molar-refractivity contribution >= 4 is 5.97 Å². The van der Waals surface area contributed by atoms with E-state index in [1.165, 1.54) is 29.5 Å². The maximum absolute atomic E-state index is 11.1. The summed E-state index contributed by atoms with van der Waals surface area (Å²) in [4.78, 5) is 14.1. The van der Waals surface area contributed by atoms with E-state index in [0.29, 0.717) is 11.6 Å². The fraction of sp³-hybridized carbons (Fsp3) is 0.389. The van der Waals surface area contributed by atoms with Gasteiger partial charge in [0, 0.05) is 5.69 Å². The predicted octanol–water partition coefficient (Wildman–Crippen LogP) is 3.86. The van der Waals surface area contributed by atoms with Crippen LogP contribution in [-0.2, 0) is 12.8 Å². The molecule has 2 aliphatic rings. The Morgan fingerprint density at radius 3 is 2.86 bits per heavy atom. The molecule has 1 heterocycles. The van der Waals surface area contributed by atoms with Gasteiger partial charge in [0.25, 0.3) is 0 Å². The number of carbonyl (C=O) groups is 1. The number of H-pyrrole nitrogens is 1. The average Bonchev–Trinajstić information content (AvgIpc) is 3.13. The van der Waals surface area contributed by atoms with Crippen LogP contribution in [0, 0.1) is 0 Å². The zero-order chi connectivity index (χ0) is 14.4. The maximum atomic E-state index is 11.1. The Hall–Kier alpha value is -2.03. The number of hydrogen-bond acceptors (Lipinski definition) is 1. The molecule has 0 amide bonds. The van der Waals surface area contributed by atoms with Crippen LogP contribution in [0.2, 0.25) is 0 Å². The topological polar surface area (TPSA) is 53.1 Å². The number of fused-ring (bicyclic) bond motifs is 1. The Balaban J connectivity index is 1.56. The monoisotopic (exact) mass is 281 g/mol. The third-order valence-electron chi connectivity index (χ3n) is 4.83. The van der Waals surface area contributed by atoms with Crippen LogP contribution in [0.25, 0.3) is 0 Å². The fourth-order valence-corrected chi connectivity index (χ4v) is 3.56. The van der Waals surface area contributed by atoms with Gasteiger partial charge in [0.15, 0.2) is 0 Å². The normalized spacial score (nSPS) is 20.5. The molecule has 108 valence electrons. The molecule has 1 aromatic heterocycles. The second-order valence-electron chi connectivity index (χ2n) is 6.38. The number of hydrogen-bond donors (Lipinski definition) is 2. The molecule has 1 aromatic carbocycles. The first-order chi connectivity index (χ1) is 10.2. The van der Waals surface area contributed by atoms with Crippen molar-refractivity contribution in [2.45, 2.75) is 43.9 Å². The molecule has 0 aliphatic heterocycles. The summed E-state index contributed by atoms with van der Waals surface area (Å²) in [5.74, 6) is 0.382. The molecule has 3 heteroatoms. The number of nitrogens with one attached hydrogen (secondary N) is 1. The highest BCUT2D eigenvalue weighted by Gasteiger charge is 2.27. The molecule has 0 radical (unpaired) electrons. The molecule has 1 unspecified atom stereocenters. The highest BCUT2D eigenvalue weighted by atomic mass is 16.4. The van der Waals surface area contributed by atoms with Gasteiger partial charge in [-0.25, -0.2) is 4.79 Å². The molecule has 2 aliphatic carbocycles. The van der Waals surface area contributed by atoms with Gasteiger partial charge in [0.2, 0.25) is 0 Å². The van der Waals surface area contributed by atoms with Gasteiger partial charge in [-0.3, -0.25) is 0 Å². The summed E-state index contributed by atoms with van der Waals surface area (Å²) in [7, 11) is 0. The quantitative estimate of drug-likeness (QED) is 0.894. The van der Waals surface area contributed by atoms with Gasteiger partial charge in [-0.1, -0.05) is 24.3 Å². The maximum Gasteiger partial charge on any atom is 0.352 e. The number of aryl methyl sites for hydroxylation is 1. The number of benzene rings is 1. The van der Waals surface area contributed by atoms with Gasteiger partial charge in [0.05, 0.1) is 0 Å². The van der Waals surface area contributed by atoms with E-state index < -0.39 is 5.97 Å². The predicted molar refractivity (Wildman–Crippen MR) is 80.9 cm³/mol. The summed E-state index contributed by atoms with van der Waals surface area (Å²) in [5, 5.41) is 9.09. The Morgan fingerprint density at radius 1 is 1.24 bits per heavy atom. The van der Waals surface area contributed by atoms with Gasteiger partial charge < -0.3 is 10.1 Å². The first-order valence-corrected chi connectivity index (χ1v) is 7.74. The summed E-state index contributed by atoms with van der Waals surface area (Å²) in [5.41, 5.74) is 5.53. The molecule has 21 heavy (non-hydrogen) atoms. The zero-order valence-corrected chi connectivity index (χ0v) is 11.9. The van der Waals surface area contributed by atoms with E-state index in [4.69, 9.17) is 5.11 Å². The van der Waals surface area contributed by atoms with Crippen LogP contribution in [0.1, 0.15) is 64.0 Å². The first-order valence-electron chi connectivity index (χ1n) is 7.74. The third kappa shape index (κ3) is 2.37. The summed E-state index contributed by atoms with van der Waals surface area (Å²) in [6, 6.07) is 10.8. The van der Waals surface area contributed by atoms with Crippen molar-refractivity contribution in [3.8, 4) is 0 Å². The summed E-state index contributed by atoms with van der Waals surface area (Å²) < 4.78 is 0. The third-order valence-corrected chi connectivity index (χ3v) is 4.83. The van der Waals surface area contributed by atoms with E-state index >= 15 is 0 Å². The van der Waals surface area contributed by atoms with Crippen molar-refractivity contribution in [1.29, 1.82) is 0 Å². The summed E-state index contributed by atoms with van der Waals surface area (Å²) >= 11 is 0. The van der Waals surface area contributed by atoms with Gasteiger partial charge >= 0.3 is 5.97 Å². The molecule has 2 aromatic rings.